The topological polar surface area (TPSA) is 96.0 Å². The van der Waals surface area contributed by atoms with Crippen molar-refractivity contribution in [1.29, 1.82) is 0 Å². The zero-order valence-electron chi connectivity index (χ0n) is 25.3. The second-order valence-electron chi connectivity index (χ2n) is 10.6. The molecule has 4 aromatic carbocycles. The van der Waals surface area contributed by atoms with Crippen molar-refractivity contribution in [1.82, 2.24) is 10.2 Å². The van der Waals surface area contributed by atoms with Crippen LogP contribution < -0.4 is 14.4 Å². The van der Waals surface area contributed by atoms with Gasteiger partial charge in [0.15, 0.2) is 0 Å². The molecule has 1 atom stereocenters. The van der Waals surface area contributed by atoms with Crippen molar-refractivity contribution in [2.24, 2.45) is 0 Å². The molecule has 4 rings (SSSR count). The van der Waals surface area contributed by atoms with Crippen LogP contribution in [0.2, 0.25) is 0 Å². The Kier molecular flexibility index (Phi) is 11.2. The molecule has 0 saturated carbocycles. The smallest absolute Gasteiger partial charge is 0.264 e. The van der Waals surface area contributed by atoms with E-state index in [1.165, 1.54) is 17.0 Å². The first-order chi connectivity index (χ1) is 21.2. The number of benzene rings is 4. The Morgan fingerprint density at radius 1 is 0.818 bits per heavy atom. The van der Waals surface area contributed by atoms with Crippen LogP contribution in [0, 0.1) is 6.92 Å². The summed E-state index contributed by atoms with van der Waals surface area (Å²) >= 11 is 0. The lowest BCUT2D eigenvalue weighted by atomic mass is 10.1. The van der Waals surface area contributed by atoms with Gasteiger partial charge in [-0.25, -0.2) is 8.42 Å². The lowest BCUT2D eigenvalue weighted by molar-refractivity contribution is -0.139. The number of amides is 2. The molecule has 8 nitrogen and oxygen atoms in total. The number of hydrogen-bond acceptors (Lipinski definition) is 5. The Labute approximate surface area is 260 Å². The van der Waals surface area contributed by atoms with Crippen LogP contribution in [0.4, 0.5) is 5.69 Å². The van der Waals surface area contributed by atoms with Crippen molar-refractivity contribution >= 4 is 27.5 Å². The Morgan fingerprint density at radius 2 is 1.41 bits per heavy atom. The van der Waals surface area contributed by atoms with Crippen LogP contribution in [-0.4, -0.2) is 44.3 Å². The summed E-state index contributed by atoms with van der Waals surface area (Å²) in [6.45, 7) is 5.70. The zero-order valence-corrected chi connectivity index (χ0v) is 26.2. The van der Waals surface area contributed by atoms with Crippen LogP contribution >= 0.6 is 0 Å². The predicted octanol–water partition coefficient (Wildman–Crippen LogP) is 6.32. The van der Waals surface area contributed by atoms with E-state index in [-0.39, 0.29) is 17.3 Å². The molecule has 0 aliphatic rings. The molecule has 0 bridgehead atoms. The monoisotopic (exact) mass is 613 g/mol. The summed E-state index contributed by atoms with van der Waals surface area (Å²) in [6.07, 6.45) is 1.74. The van der Waals surface area contributed by atoms with Gasteiger partial charge in [0.25, 0.3) is 10.0 Å². The van der Waals surface area contributed by atoms with E-state index in [1.807, 2.05) is 74.5 Å². The molecule has 0 unspecified atom stereocenters. The maximum Gasteiger partial charge on any atom is 0.264 e. The number of carbonyl (C=O) groups excluding carboxylic acids is 2. The molecule has 0 saturated heterocycles. The van der Waals surface area contributed by atoms with Gasteiger partial charge >= 0.3 is 0 Å². The van der Waals surface area contributed by atoms with Gasteiger partial charge in [0.2, 0.25) is 11.8 Å². The zero-order chi connectivity index (χ0) is 31.5. The van der Waals surface area contributed by atoms with Gasteiger partial charge in [-0.2, -0.15) is 0 Å². The summed E-state index contributed by atoms with van der Waals surface area (Å²) in [5, 5.41) is 2.90. The van der Waals surface area contributed by atoms with Gasteiger partial charge in [-0.05, 0) is 74.4 Å². The SMILES string of the molecule is CCCCNC(=O)[C@@H](C)N(Cc1ccccc1)C(=O)CN(c1ccc(Oc2ccccc2)cc1)S(=O)(=O)c1ccc(C)cc1. The maximum absolute atomic E-state index is 14.1. The number of anilines is 1. The van der Waals surface area contributed by atoms with Crippen molar-refractivity contribution in [3.8, 4) is 11.5 Å². The maximum atomic E-state index is 14.1. The molecule has 44 heavy (non-hydrogen) atoms. The van der Waals surface area contributed by atoms with Gasteiger partial charge in [-0.1, -0.05) is 79.6 Å². The molecular weight excluding hydrogens is 574 g/mol. The molecule has 0 fully saturated rings. The minimum atomic E-state index is -4.16. The van der Waals surface area contributed by atoms with Crippen molar-refractivity contribution in [2.45, 2.75) is 51.1 Å². The lowest BCUT2D eigenvalue weighted by Crippen LogP contribution is -2.51. The minimum Gasteiger partial charge on any atom is -0.457 e. The molecule has 4 aromatic rings. The van der Waals surface area contributed by atoms with Crippen molar-refractivity contribution < 1.29 is 22.7 Å². The Morgan fingerprint density at radius 3 is 2.02 bits per heavy atom. The third-order valence-corrected chi connectivity index (χ3v) is 8.97. The molecule has 0 aromatic heterocycles. The number of carbonyl (C=O) groups is 2. The fourth-order valence-corrected chi connectivity index (χ4v) is 5.98. The van der Waals surface area contributed by atoms with E-state index in [4.69, 9.17) is 4.74 Å². The number of unbranched alkanes of at least 4 members (excludes halogenated alkanes) is 1. The number of ether oxygens (including phenoxy) is 1. The van der Waals surface area contributed by atoms with Gasteiger partial charge < -0.3 is 15.0 Å². The number of rotatable bonds is 14. The lowest BCUT2D eigenvalue weighted by Gasteiger charge is -2.32. The summed E-state index contributed by atoms with van der Waals surface area (Å²) in [5.74, 6) is 0.356. The number of hydrogen-bond donors (Lipinski definition) is 1. The summed E-state index contributed by atoms with van der Waals surface area (Å²) in [5.41, 5.74) is 2.02. The van der Waals surface area contributed by atoms with Crippen LogP contribution in [0.25, 0.3) is 0 Å². The van der Waals surface area contributed by atoms with Gasteiger partial charge in [0.1, 0.15) is 24.1 Å². The standard InChI is InChI=1S/C35H39N3O5S/c1-4-5-24-36-35(40)28(3)37(25-29-12-8-6-9-13-29)34(39)26-38(44(41,42)33-22-16-27(2)17-23-33)30-18-20-32(21-19-30)43-31-14-10-7-11-15-31/h6-23,28H,4-5,24-26H2,1-3H3,(H,36,40)/t28-/m1/s1. The first-order valence-corrected chi connectivity index (χ1v) is 16.2. The first-order valence-electron chi connectivity index (χ1n) is 14.7. The average Bonchev–Trinajstić information content (AvgIpc) is 3.03. The number of sulfonamides is 1. The van der Waals surface area contributed by atoms with Gasteiger partial charge in [0, 0.05) is 13.1 Å². The molecule has 0 heterocycles. The molecule has 0 aliphatic carbocycles. The molecule has 230 valence electrons. The van der Waals surface area contributed by atoms with Gasteiger partial charge in [-0.15, -0.1) is 0 Å². The van der Waals surface area contributed by atoms with Gasteiger partial charge in [-0.3, -0.25) is 13.9 Å². The van der Waals surface area contributed by atoms with Crippen molar-refractivity contribution in [2.75, 3.05) is 17.4 Å². The number of nitrogens with one attached hydrogen (secondary N) is 1. The van der Waals surface area contributed by atoms with E-state index in [1.54, 1.807) is 43.3 Å². The quantitative estimate of drug-likeness (QED) is 0.168. The van der Waals surface area contributed by atoms with Crippen molar-refractivity contribution in [3.63, 3.8) is 0 Å². The highest BCUT2D eigenvalue weighted by atomic mass is 32.2. The Bertz CT molecular complexity index is 1610. The highest BCUT2D eigenvalue weighted by Crippen LogP contribution is 2.28. The summed E-state index contributed by atoms with van der Waals surface area (Å²) in [6, 6.07) is 30.8. The molecule has 0 radical (unpaired) electrons. The van der Waals surface area contributed by atoms with Crippen LogP contribution in [0.1, 0.15) is 37.8 Å². The van der Waals surface area contributed by atoms with Crippen LogP contribution in [0.3, 0.4) is 0 Å². The minimum absolute atomic E-state index is 0.0560. The molecule has 2 amide bonds. The number of nitrogens with zero attached hydrogens (tertiary/aromatic N) is 2. The highest BCUT2D eigenvalue weighted by Gasteiger charge is 2.32. The normalized spacial score (nSPS) is 11.8. The van der Waals surface area contributed by atoms with Crippen LogP contribution in [-0.2, 0) is 26.2 Å². The van der Waals surface area contributed by atoms with Crippen LogP contribution in [0.5, 0.6) is 11.5 Å². The largest absolute Gasteiger partial charge is 0.457 e. The Hall–Kier alpha value is -4.63. The average molecular weight is 614 g/mol. The molecule has 1 N–H and O–H groups in total. The van der Waals surface area contributed by atoms with E-state index in [0.29, 0.717) is 23.7 Å². The van der Waals surface area contributed by atoms with E-state index >= 15 is 0 Å². The first kappa shape index (κ1) is 32.3. The molecule has 0 aliphatic heterocycles. The summed E-state index contributed by atoms with van der Waals surface area (Å²) in [4.78, 5) is 28.6. The van der Waals surface area contributed by atoms with E-state index in [9.17, 15) is 18.0 Å². The number of aryl methyl sites for hydroxylation is 1. The van der Waals surface area contributed by atoms with E-state index in [2.05, 4.69) is 5.32 Å². The third-order valence-electron chi connectivity index (χ3n) is 7.18. The van der Waals surface area contributed by atoms with Crippen LogP contribution in [0.15, 0.2) is 114 Å². The fraction of sp³-hybridized carbons (Fsp3) is 0.257. The van der Waals surface area contributed by atoms with E-state index in [0.717, 1.165) is 28.3 Å². The summed E-state index contributed by atoms with van der Waals surface area (Å²) in [7, 11) is -4.16. The number of para-hydroxylation sites is 1. The summed E-state index contributed by atoms with van der Waals surface area (Å²) < 4.78 is 35.1. The second-order valence-corrected chi connectivity index (χ2v) is 12.4. The second kappa shape index (κ2) is 15.2. The van der Waals surface area contributed by atoms with Gasteiger partial charge in [0.05, 0.1) is 10.6 Å². The predicted molar refractivity (Wildman–Crippen MR) is 173 cm³/mol. The molecule has 9 heteroatoms. The third kappa shape index (κ3) is 8.48. The van der Waals surface area contributed by atoms with E-state index < -0.39 is 28.5 Å². The molecular formula is C35H39N3O5S. The molecule has 0 spiro atoms. The fourth-order valence-electron chi connectivity index (χ4n) is 4.57. The highest BCUT2D eigenvalue weighted by molar-refractivity contribution is 7.92. The van der Waals surface area contributed by atoms with Crippen molar-refractivity contribution in [3.05, 3.63) is 120 Å². The Balaban J connectivity index is 1.67.